The second-order valence-electron chi connectivity index (χ2n) is 5.84. The minimum Gasteiger partial charge on any atom is -0.349 e. The van der Waals surface area contributed by atoms with Crippen LogP contribution in [-0.2, 0) is 14.8 Å². The number of carbonyl (C=O) groups excluding carboxylic acids is 2. The largest absolute Gasteiger partial charge is 0.349 e. The van der Waals surface area contributed by atoms with Gasteiger partial charge in [-0.3, -0.25) is 13.9 Å². The average Bonchev–Trinajstić information content (AvgIpc) is 2.64. The lowest BCUT2D eigenvalue weighted by atomic mass is 10.1. The van der Waals surface area contributed by atoms with Crippen molar-refractivity contribution in [1.29, 1.82) is 0 Å². The van der Waals surface area contributed by atoms with E-state index in [1.807, 2.05) is 0 Å². The van der Waals surface area contributed by atoms with Gasteiger partial charge in [-0.05, 0) is 36.4 Å². The third-order valence-corrected chi connectivity index (χ3v) is 4.80. The van der Waals surface area contributed by atoms with Gasteiger partial charge in [0.15, 0.2) is 0 Å². The van der Waals surface area contributed by atoms with Crippen molar-refractivity contribution in [1.82, 2.24) is 5.32 Å². The number of benzene rings is 2. The first kappa shape index (κ1) is 21.1. The number of sulfonamides is 1. The molecule has 0 atom stereocenters. The van der Waals surface area contributed by atoms with Crippen LogP contribution >= 0.6 is 0 Å². The van der Waals surface area contributed by atoms with Gasteiger partial charge in [0.2, 0.25) is 15.9 Å². The highest BCUT2D eigenvalue weighted by atomic mass is 32.2. The van der Waals surface area contributed by atoms with Crippen molar-refractivity contribution in [2.45, 2.75) is 0 Å². The van der Waals surface area contributed by atoms with E-state index in [-0.39, 0.29) is 23.5 Å². The van der Waals surface area contributed by atoms with Crippen molar-refractivity contribution < 1.29 is 22.4 Å². The van der Waals surface area contributed by atoms with Crippen LogP contribution in [0.25, 0.3) is 0 Å². The summed E-state index contributed by atoms with van der Waals surface area (Å²) in [6.45, 7) is 3.24. The number of anilines is 2. The van der Waals surface area contributed by atoms with Crippen molar-refractivity contribution in [3.8, 4) is 0 Å². The highest BCUT2D eigenvalue weighted by Crippen LogP contribution is 2.19. The highest BCUT2D eigenvalue weighted by molar-refractivity contribution is 7.92. The first-order valence-corrected chi connectivity index (χ1v) is 10.1. The molecule has 0 saturated heterocycles. The SMILES string of the molecule is C=CCNC(=O)c1ccccc1NC(=O)CN(c1ccc(F)cc1)S(C)(=O)=O. The summed E-state index contributed by atoms with van der Waals surface area (Å²) in [4.78, 5) is 24.6. The molecule has 0 fully saturated rings. The molecule has 0 aromatic heterocycles. The van der Waals surface area contributed by atoms with Gasteiger partial charge in [-0.15, -0.1) is 6.58 Å². The van der Waals surface area contributed by atoms with Crippen molar-refractivity contribution >= 4 is 33.2 Å². The molecule has 148 valence electrons. The van der Waals surface area contributed by atoms with Gasteiger partial charge in [-0.25, -0.2) is 12.8 Å². The Labute approximate surface area is 162 Å². The van der Waals surface area contributed by atoms with Crippen LogP contribution in [0.3, 0.4) is 0 Å². The van der Waals surface area contributed by atoms with E-state index in [0.29, 0.717) is 0 Å². The van der Waals surface area contributed by atoms with Crippen LogP contribution in [-0.4, -0.2) is 39.6 Å². The maximum atomic E-state index is 13.1. The molecule has 0 bridgehead atoms. The van der Waals surface area contributed by atoms with E-state index in [0.717, 1.165) is 22.7 Å². The van der Waals surface area contributed by atoms with E-state index in [4.69, 9.17) is 0 Å². The maximum absolute atomic E-state index is 13.1. The number of halogens is 1. The smallest absolute Gasteiger partial charge is 0.253 e. The van der Waals surface area contributed by atoms with E-state index in [9.17, 15) is 22.4 Å². The molecule has 2 rings (SSSR count). The number of amides is 2. The normalized spacial score (nSPS) is 10.8. The molecule has 0 unspecified atom stereocenters. The Kier molecular flexibility index (Phi) is 6.89. The number of para-hydroxylation sites is 1. The van der Waals surface area contributed by atoms with Crippen LogP contribution in [0, 0.1) is 5.82 Å². The Hall–Kier alpha value is -3.20. The van der Waals surface area contributed by atoms with Crippen LogP contribution < -0.4 is 14.9 Å². The van der Waals surface area contributed by atoms with Crippen LogP contribution in [0.1, 0.15) is 10.4 Å². The van der Waals surface area contributed by atoms with Gasteiger partial charge >= 0.3 is 0 Å². The van der Waals surface area contributed by atoms with Crippen LogP contribution in [0.4, 0.5) is 15.8 Å². The van der Waals surface area contributed by atoms with Crippen molar-refractivity contribution in [3.05, 3.63) is 72.6 Å². The molecule has 0 aliphatic rings. The number of rotatable bonds is 8. The van der Waals surface area contributed by atoms with Gasteiger partial charge in [-0.1, -0.05) is 18.2 Å². The molecule has 2 amide bonds. The number of hydrogen-bond donors (Lipinski definition) is 2. The summed E-state index contributed by atoms with van der Waals surface area (Å²) >= 11 is 0. The fourth-order valence-electron chi connectivity index (χ4n) is 2.38. The highest BCUT2D eigenvalue weighted by Gasteiger charge is 2.22. The Bertz CT molecular complexity index is 975. The standard InChI is InChI=1S/C19H20FN3O4S/c1-3-12-21-19(25)16-6-4-5-7-17(16)22-18(24)13-23(28(2,26)27)15-10-8-14(20)9-11-15/h3-11H,1,12-13H2,2H3,(H,21,25)(H,22,24). The molecule has 0 aliphatic heterocycles. The first-order chi connectivity index (χ1) is 13.2. The topological polar surface area (TPSA) is 95.6 Å². The monoisotopic (exact) mass is 405 g/mol. The van der Waals surface area contributed by atoms with Crippen molar-refractivity contribution in [2.75, 3.05) is 29.0 Å². The summed E-state index contributed by atoms with van der Waals surface area (Å²) in [5, 5.41) is 5.15. The molecule has 7 nitrogen and oxygen atoms in total. The molecule has 0 heterocycles. The third-order valence-electron chi connectivity index (χ3n) is 3.65. The Morgan fingerprint density at radius 1 is 1.14 bits per heavy atom. The molecule has 0 spiro atoms. The third kappa shape index (κ3) is 5.65. The Morgan fingerprint density at radius 2 is 1.79 bits per heavy atom. The van der Waals surface area contributed by atoms with E-state index in [2.05, 4.69) is 17.2 Å². The first-order valence-electron chi connectivity index (χ1n) is 8.23. The van der Waals surface area contributed by atoms with Gasteiger partial charge < -0.3 is 10.6 Å². The number of nitrogens with one attached hydrogen (secondary N) is 2. The van der Waals surface area contributed by atoms with Gasteiger partial charge in [-0.2, -0.15) is 0 Å². The minimum atomic E-state index is -3.80. The summed E-state index contributed by atoms with van der Waals surface area (Å²) in [7, 11) is -3.80. The van der Waals surface area contributed by atoms with E-state index < -0.39 is 34.2 Å². The molecule has 0 radical (unpaired) electrons. The minimum absolute atomic E-state index is 0.149. The molecular weight excluding hydrogens is 385 g/mol. The Morgan fingerprint density at radius 3 is 2.39 bits per heavy atom. The van der Waals surface area contributed by atoms with Crippen LogP contribution in [0.2, 0.25) is 0 Å². The molecule has 28 heavy (non-hydrogen) atoms. The molecule has 2 N–H and O–H groups in total. The second-order valence-corrected chi connectivity index (χ2v) is 7.75. The lowest BCUT2D eigenvalue weighted by Crippen LogP contribution is -2.37. The lowest BCUT2D eigenvalue weighted by molar-refractivity contribution is -0.114. The summed E-state index contributed by atoms with van der Waals surface area (Å²) in [5.74, 6) is -1.59. The fraction of sp³-hybridized carbons (Fsp3) is 0.158. The van der Waals surface area contributed by atoms with Gasteiger partial charge in [0.1, 0.15) is 12.4 Å². The predicted molar refractivity (Wildman–Crippen MR) is 106 cm³/mol. The second kappa shape index (κ2) is 9.14. The molecule has 2 aromatic carbocycles. The number of carbonyl (C=O) groups is 2. The van der Waals surface area contributed by atoms with E-state index in [1.165, 1.54) is 30.3 Å². The zero-order valence-corrected chi connectivity index (χ0v) is 16.0. The summed E-state index contributed by atoms with van der Waals surface area (Å²) in [5.41, 5.74) is 0.614. The van der Waals surface area contributed by atoms with Crippen molar-refractivity contribution in [3.63, 3.8) is 0 Å². The quantitative estimate of drug-likeness (QED) is 0.658. The summed E-state index contributed by atoms with van der Waals surface area (Å²) < 4.78 is 38.1. The molecule has 9 heteroatoms. The number of nitrogens with zero attached hydrogens (tertiary/aromatic N) is 1. The zero-order valence-electron chi connectivity index (χ0n) is 15.2. The fourth-order valence-corrected chi connectivity index (χ4v) is 3.23. The zero-order chi connectivity index (χ0) is 20.7. The van der Waals surface area contributed by atoms with Crippen LogP contribution in [0.5, 0.6) is 0 Å². The van der Waals surface area contributed by atoms with Crippen LogP contribution in [0.15, 0.2) is 61.2 Å². The van der Waals surface area contributed by atoms with E-state index >= 15 is 0 Å². The van der Waals surface area contributed by atoms with Gasteiger partial charge in [0.05, 0.1) is 23.2 Å². The summed E-state index contributed by atoms with van der Waals surface area (Å²) in [6, 6.07) is 11.1. The molecule has 2 aromatic rings. The lowest BCUT2D eigenvalue weighted by Gasteiger charge is -2.22. The average molecular weight is 405 g/mol. The van der Waals surface area contributed by atoms with Crippen molar-refractivity contribution in [2.24, 2.45) is 0 Å². The number of hydrogen-bond acceptors (Lipinski definition) is 4. The van der Waals surface area contributed by atoms with E-state index in [1.54, 1.807) is 12.1 Å². The van der Waals surface area contributed by atoms with Gasteiger partial charge in [0.25, 0.3) is 5.91 Å². The summed E-state index contributed by atoms with van der Waals surface area (Å²) in [6.07, 6.45) is 2.46. The molecule has 0 aliphatic carbocycles. The Balaban J connectivity index is 2.21. The molecular formula is C19H20FN3O4S. The predicted octanol–water partition coefficient (Wildman–Crippen LogP) is 2.15. The maximum Gasteiger partial charge on any atom is 0.253 e. The van der Waals surface area contributed by atoms with Gasteiger partial charge in [0, 0.05) is 6.54 Å². The molecule has 0 saturated carbocycles.